The van der Waals surface area contributed by atoms with Crippen LogP contribution in [0.25, 0.3) is 0 Å². The Hall–Kier alpha value is -1.53. The summed E-state index contributed by atoms with van der Waals surface area (Å²) in [6.45, 7) is 6.73. The van der Waals surface area contributed by atoms with Crippen molar-refractivity contribution in [2.24, 2.45) is 0 Å². The Balaban J connectivity index is 2.29. The van der Waals surface area contributed by atoms with E-state index < -0.39 is 4.92 Å². The van der Waals surface area contributed by atoms with Crippen LogP contribution < -0.4 is 9.64 Å². The number of piperazine rings is 1. The maximum absolute atomic E-state index is 10.9. The monoisotopic (exact) mass is 299 g/mol. The molecule has 0 aromatic heterocycles. The van der Waals surface area contributed by atoms with Crippen LogP contribution in [0.2, 0.25) is 5.02 Å². The Morgan fingerprint density at radius 1 is 1.35 bits per heavy atom. The number of likely N-dealkylation sites (N-methyl/N-ethyl adjacent to an activating group) is 1. The molecule has 0 atom stereocenters. The van der Waals surface area contributed by atoms with Crippen molar-refractivity contribution < 1.29 is 9.66 Å². The zero-order valence-electron chi connectivity index (χ0n) is 11.6. The van der Waals surface area contributed by atoms with Crippen LogP contribution in [-0.4, -0.2) is 49.7 Å². The third kappa shape index (κ3) is 2.96. The molecule has 6 nitrogen and oxygen atoms in total. The smallest absolute Gasteiger partial charge is 0.274 e. The van der Waals surface area contributed by atoms with Crippen molar-refractivity contribution in [3.63, 3.8) is 0 Å². The van der Waals surface area contributed by atoms with Crippen LogP contribution in [-0.2, 0) is 0 Å². The van der Waals surface area contributed by atoms with E-state index >= 15 is 0 Å². The summed E-state index contributed by atoms with van der Waals surface area (Å²) in [4.78, 5) is 14.9. The van der Waals surface area contributed by atoms with Crippen LogP contribution in [0.15, 0.2) is 12.1 Å². The van der Waals surface area contributed by atoms with Crippen molar-refractivity contribution in [2.75, 3.05) is 44.7 Å². The molecule has 1 aromatic rings. The summed E-state index contributed by atoms with van der Waals surface area (Å²) in [5, 5.41) is 11.2. The molecular formula is C13H18ClN3O3. The van der Waals surface area contributed by atoms with Crippen LogP contribution >= 0.6 is 11.6 Å². The van der Waals surface area contributed by atoms with Crippen molar-refractivity contribution in [2.45, 2.75) is 6.92 Å². The molecule has 7 heteroatoms. The van der Waals surface area contributed by atoms with E-state index in [2.05, 4.69) is 16.7 Å². The van der Waals surface area contributed by atoms with E-state index in [-0.39, 0.29) is 5.69 Å². The van der Waals surface area contributed by atoms with Gasteiger partial charge in [0.1, 0.15) is 0 Å². The average Bonchev–Trinajstić information content (AvgIpc) is 2.46. The number of nitrogens with zero attached hydrogens (tertiary/aromatic N) is 3. The molecule has 0 N–H and O–H groups in total. The van der Waals surface area contributed by atoms with Gasteiger partial charge in [-0.3, -0.25) is 10.1 Å². The summed E-state index contributed by atoms with van der Waals surface area (Å²) in [7, 11) is 1.50. The molecule has 1 aliphatic rings. The lowest BCUT2D eigenvalue weighted by Gasteiger charge is -2.36. The molecule has 0 spiro atoms. The van der Waals surface area contributed by atoms with Gasteiger partial charge in [-0.25, -0.2) is 0 Å². The lowest BCUT2D eigenvalue weighted by molar-refractivity contribution is -0.384. The topological polar surface area (TPSA) is 58.9 Å². The molecule has 110 valence electrons. The summed E-state index contributed by atoms with van der Waals surface area (Å²) in [6, 6.07) is 2.80. The molecule has 0 amide bonds. The zero-order valence-corrected chi connectivity index (χ0v) is 12.4. The van der Waals surface area contributed by atoms with Crippen LogP contribution in [0.4, 0.5) is 11.4 Å². The largest absolute Gasteiger partial charge is 0.494 e. The van der Waals surface area contributed by atoms with E-state index in [4.69, 9.17) is 16.3 Å². The summed E-state index contributed by atoms with van der Waals surface area (Å²) < 4.78 is 5.28. The molecule has 0 saturated carbocycles. The highest BCUT2D eigenvalue weighted by atomic mass is 35.5. The average molecular weight is 300 g/mol. The number of anilines is 1. The number of hydrogen-bond acceptors (Lipinski definition) is 5. The molecule has 1 heterocycles. The van der Waals surface area contributed by atoms with E-state index in [0.29, 0.717) is 10.8 Å². The van der Waals surface area contributed by atoms with Crippen molar-refractivity contribution in [3.05, 3.63) is 27.3 Å². The predicted molar refractivity (Wildman–Crippen MR) is 79.0 cm³/mol. The highest BCUT2D eigenvalue weighted by molar-refractivity contribution is 6.34. The SMILES string of the molecule is CCN1CCN(c2c(Cl)cc([N+](=O)[O-])cc2OC)CC1. The number of rotatable bonds is 4. The molecule has 0 bridgehead atoms. The number of nitro groups is 1. The third-order valence-corrected chi connectivity index (χ3v) is 3.87. The molecular weight excluding hydrogens is 282 g/mol. The first-order valence-corrected chi connectivity index (χ1v) is 6.93. The molecule has 0 aliphatic carbocycles. The third-order valence-electron chi connectivity index (χ3n) is 3.58. The van der Waals surface area contributed by atoms with Gasteiger partial charge in [-0.05, 0) is 6.54 Å². The number of halogens is 1. The summed E-state index contributed by atoms with van der Waals surface area (Å²) in [5.41, 5.74) is 0.693. The van der Waals surface area contributed by atoms with Crippen molar-refractivity contribution in [1.29, 1.82) is 0 Å². The first kappa shape index (κ1) is 14.9. The van der Waals surface area contributed by atoms with E-state index in [1.54, 1.807) is 0 Å². The van der Waals surface area contributed by atoms with Crippen molar-refractivity contribution in [3.8, 4) is 5.75 Å². The van der Waals surface area contributed by atoms with Gasteiger partial charge in [0.25, 0.3) is 5.69 Å². The van der Waals surface area contributed by atoms with Crippen LogP contribution in [0.5, 0.6) is 5.75 Å². The minimum Gasteiger partial charge on any atom is -0.494 e. The first-order valence-electron chi connectivity index (χ1n) is 6.56. The summed E-state index contributed by atoms with van der Waals surface area (Å²) in [6.07, 6.45) is 0. The number of benzene rings is 1. The molecule has 2 rings (SSSR count). The summed E-state index contributed by atoms with van der Waals surface area (Å²) in [5.74, 6) is 0.453. The minimum absolute atomic E-state index is 0.0530. The lowest BCUT2D eigenvalue weighted by atomic mass is 10.2. The van der Waals surface area contributed by atoms with E-state index in [1.807, 2.05) is 0 Å². The standard InChI is InChI=1S/C13H18ClN3O3/c1-3-15-4-6-16(7-5-15)13-11(14)8-10(17(18)19)9-12(13)20-2/h8-9H,3-7H2,1-2H3. The second kappa shape index (κ2) is 6.28. The summed E-state index contributed by atoms with van der Waals surface area (Å²) >= 11 is 6.22. The molecule has 1 fully saturated rings. The van der Waals surface area contributed by atoms with Crippen LogP contribution in [0.1, 0.15) is 6.92 Å². The Morgan fingerprint density at radius 2 is 2.00 bits per heavy atom. The molecule has 0 unspecified atom stereocenters. The molecule has 1 aromatic carbocycles. The molecule has 1 saturated heterocycles. The fraction of sp³-hybridized carbons (Fsp3) is 0.538. The van der Waals surface area contributed by atoms with E-state index in [1.165, 1.54) is 19.2 Å². The lowest BCUT2D eigenvalue weighted by Crippen LogP contribution is -2.46. The van der Waals surface area contributed by atoms with Gasteiger partial charge in [-0.2, -0.15) is 0 Å². The maximum atomic E-state index is 10.9. The van der Waals surface area contributed by atoms with E-state index in [9.17, 15) is 10.1 Å². The Bertz CT molecular complexity index is 502. The quantitative estimate of drug-likeness (QED) is 0.631. The van der Waals surface area contributed by atoms with Gasteiger partial charge in [0.15, 0.2) is 5.75 Å². The van der Waals surface area contributed by atoms with Gasteiger partial charge >= 0.3 is 0 Å². The van der Waals surface area contributed by atoms with Gasteiger partial charge in [-0.1, -0.05) is 18.5 Å². The first-order chi connectivity index (χ1) is 9.56. The second-order valence-corrected chi connectivity index (χ2v) is 5.06. The predicted octanol–water partition coefficient (Wildman–Crippen LogP) is 2.40. The molecule has 1 aliphatic heterocycles. The normalized spacial score (nSPS) is 16.2. The number of ether oxygens (including phenoxy) is 1. The second-order valence-electron chi connectivity index (χ2n) is 4.66. The van der Waals surface area contributed by atoms with Crippen LogP contribution in [0.3, 0.4) is 0 Å². The van der Waals surface area contributed by atoms with Gasteiger partial charge < -0.3 is 14.5 Å². The van der Waals surface area contributed by atoms with Crippen LogP contribution in [0, 0.1) is 10.1 Å². The Labute approximate surface area is 123 Å². The Kier molecular flexibility index (Phi) is 4.67. The highest BCUT2D eigenvalue weighted by Crippen LogP contribution is 2.39. The van der Waals surface area contributed by atoms with E-state index in [0.717, 1.165) is 38.4 Å². The van der Waals surface area contributed by atoms with Gasteiger partial charge in [0.2, 0.25) is 0 Å². The molecule has 0 radical (unpaired) electrons. The highest BCUT2D eigenvalue weighted by Gasteiger charge is 2.24. The fourth-order valence-corrected chi connectivity index (χ4v) is 2.74. The maximum Gasteiger partial charge on any atom is 0.274 e. The van der Waals surface area contributed by atoms with Gasteiger partial charge in [-0.15, -0.1) is 0 Å². The Morgan fingerprint density at radius 3 is 2.50 bits per heavy atom. The number of methoxy groups -OCH3 is 1. The minimum atomic E-state index is -0.465. The number of hydrogen-bond donors (Lipinski definition) is 0. The van der Waals surface area contributed by atoms with Gasteiger partial charge in [0.05, 0.1) is 28.8 Å². The number of nitro benzene ring substituents is 1. The van der Waals surface area contributed by atoms with Crippen molar-refractivity contribution in [1.82, 2.24) is 4.90 Å². The zero-order chi connectivity index (χ0) is 14.7. The van der Waals surface area contributed by atoms with Gasteiger partial charge in [0, 0.05) is 32.2 Å². The molecule has 20 heavy (non-hydrogen) atoms. The number of non-ortho nitro benzene ring substituents is 1. The van der Waals surface area contributed by atoms with Crippen molar-refractivity contribution >= 4 is 23.0 Å². The fourth-order valence-electron chi connectivity index (χ4n) is 2.42.